The SMILES string of the molecule is Cc1nn(C)c(C)c1CC(=O)N1CCCC1Cn1cccn1. The molecular weight excluding hydrogens is 278 g/mol. The number of hydrogen-bond donors (Lipinski definition) is 0. The van der Waals surface area contributed by atoms with Gasteiger partial charge in [-0.15, -0.1) is 0 Å². The van der Waals surface area contributed by atoms with Crippen molar-refractivity contribution in [2.75, 3.05) is 6.54 Å². The molecule has 3 rings (SSSR count). The molecule has 1 saturated heterocycles. The van der Waals surface area contributed by atoms with E-state index in [0.717, 1.165) is 42.9 Å². The summed E-state index contributed by atoms with van der Waals surface area (Å²) in [6, 6.07) is 2.17. The number of rotatable bonds is 4. The standard InChI is InChI=1S/C16H23N5O/c1-12-15(13(2)19(3)18-12)10-16(22)21-9-4-6-14(21)11-20-8-5-7-17-20/h5,7-8,14H,4,6,9-11H2,1-3H3. The van der Waals surface area contributed by atoms with Gasteiger partial charge in [-0.05, 0) is 32.8 Å². The summed E-state index contributed by atoms with van der Waals surface area (Å²) in [5.74, 6) is 0.203. The highest BCUT2D eigenvalue weighted by molar-refractivity contribution is 5.79. The predicted octanol–water partition coefficient (Wildman–Crippen LogP) is 1.47. The van der Waals surface area contributed by atoms with Gasteiger partial charge in [-0.3, -0.25) is 14.2 Å². The molecule has 1 aliphatic rings. The largest absolute Gasteiger partial charge is 0.338 e. The number of carbonyl (C=O) groups excluding carboxylic acids is 1. The number of carbonyl (C=O) groups is 1. The molecule has 0 bridgehead atoms. The van der Waals surface area contributed by atoms with Crippen molar-refractivity contribution in [3.05, 3.63) is 35.4 Å². The lowest BCUT2D eigenvalue weighted by molar-refractivity contribution is -0.131. The van der Waals surface area contributed by atoms with Gasteiger partial charge in [0, 0.05) is 37.2 Å². The van der Waals surface area contributed by atoms with E-state index >= 15 is 0 Å². The highest BCUT2D eigenvalue weighted by Gasteiger charge is 2.29. The zero-order valence-electron chi connectivity index (χ0n) is 13.5. The van der Waals surface area contributed by atoms with Gasteiger partial charge in [-0.2, -0.15) is 10.2 Å². The summed E-state index contributed by atoms with van der Waals surface area (Å²) in [6.45, 7) is 5.63. The summed E-state index contributed by atoms with van der Waals surface area (Å²) in [7, 11) is 1.92. The Labute approximate surface area is 130 Å². The highest BCUT2D eigenvalue weighted by atomic mass is 16.2. The molecule has 1 aliphatic heterocycles. The molecule has 0 spiro atoms. The lowest BCUT2D eigenvalue weighted by Gasteiger charge is -2.25. The van der Waals surface area contributed by atoms with Crippen molar-refractivity contribution in [2.45, 2.75) is 45.7 Å². The fraction of sp³-hybridized carbons (Fsp3) is 0.562. The molecule has 0 radical (unpaired) electrons. The van der Waals surface area contributed by atoms with Crippen molar-refractivity contribution in [1.29, 1.82) is 0 Å². The van der Waals surface area contributed by atoms with Crippen LogP contribution >= 0.6 is 0 Å². The summed E-state index contributed by atoms with van der Waals surface area (Å²) in [5, 5.41) is 8.66. The molecule has 1 atom stereocenters. The Balaban J connectivity index is 1.70. The Bertz CT molecular complexity index is 658. The van der Waals surface area contributed by atoms with Gasteiger partial charge in [0.2, 0.25) is 5.91 Å². The van der Waals surface area contributed by atoms with Crippen molar-refractivity contribution in [3.63, 3.8) is 0 Å². The second-order valence-electron chi connectivity index (χ2n) is 6.06. The lowest BCUT2D eigenvalue weighted by Crippen LogP contribution is -2.39. The molecule has 0 aliphatic carbocycles. The van der Waals surface area contributed by atoms with Crippen LogP contribution < -0.4 is 0 Å². The number of nitrogens with zero attached hydrogens (tertiary/aromatic N) is 5. The Morgan fingerprint density at radius 1 is 1.41 bits per heavy atom. The van der Waals surface area contributed by atoms with Crippen molar-refractivity contribution < 1.29 is 4.79 Å². The first-order chi connectivity index (χ1) is 10.6. The molecule has 2 aromatic rings. The Hall–Kier alpha value is -2.11. The van der Waals surface area contributed by atoms with Gasteiger partial charge >= 0.3 is 0 Å². The third-order valence-corrected chi connectivity index (χ3v) is 4.64. The Morgan fingerprint density at radius 3 is 2.86 bits per heavy atom. The van der Waals surface area contributed by atoms with E-state index in [1.54, 1.807) is 6.20 Å². The van der Waals surface area contributed by atoms with Gasteiger partial charge in [-0.25, -0.2) is 0 Å². The van der Waals surface area contributed by atoms with Crippen LogP contribution in [-0.2, 0) is 24.8 Å². The summed E-state index contributed by atoms with van der Waals surface area (Å²) in [5.41, 5.74) is 3.10. The molecule has 118 valence electrons. The van der Waals surface area contributed by atoms with Crippen LogP contribution in [0.5, 0.6) is 0 Å². The lowest BCUT2D eigenvalue weighted by atomic mass is 10.1. The van der Waals surface area contributed by atoms with E-state index in [-0.39, 0.29) is 11.9 Å². The third-order valence-electron chi connectivity index (χ3n) is 4.64. The number of aromatic nitrogens is 4. The van der Waals surface area contributed by atoms with Crippen LogP contribution in [0.3, 0.4) is 0 Å². The monoisotopic (exact) mass is 301 g/mol. The van der Waals surface area contributed by atoms with E-state index in [2.05, 4.69) is 10.2 Å². The van der Waals surface area contributed by atoms with E-state index < -0.39 is 0 Å². The Morgan fingerprint density at radius 2 is 2.23 bits per heavy atom. The van der Waals surface area contributed by atoms with E-state index in [1.807, 2.05) is 47.4 Å². The molecule has 22 heavy (non-hydrogen) atoms. The molecule has 0 N–H and O–H groups in total. The van der Waals surface area contributed by atoms with E-state index in [0.29, 0.717) is 6.42 Å². The summed E-state index contributed by atoms with van der Waals surface area (Å²) in [6.07, 6.45) is 6.31. The molecule has 2 aromatic heterocycles. The minimum Gasteiger partial charge on any atom is -0.338 e. The molecule has 6 heteroatoms. The molecule has 6 nitrogen and oxygen atoms in total. The first-order valence-electron chi connectivity index (χ1n) is 7.82. The zero-order chi connectivity index (χ0) is 15.7. The van der Waals surface area contributed by atoms with Crippen LogP contribution in [0.1, 0.15) is 29.8 Å². The quantitative estimate of drug-likeness (QED) is 0.859. The van der Waals surface area contributed by atoms with Crippen LogP contribution in [0.2, 0.25) is 0 Å². The molecule has 0 saturated carbocycles. The zero-order valence-corrected chi connectivity index (χ0v) is 13.5. The molecule has 1 fully saturated rings. The Kier molecular flexibility index (Phi) is 4.00. The van der Waals surface area contributed by atoms with Gasteiger partial charge in [0.05, 0.1) is 24.7 Å². The number of hydrogen-bond acceptors (Lipinski definition) is 3. The summed E-state index contributed by atoms with van der Waals surface area (Å²) in [4.78, 5) is 14.7. The average Bonchev–Trinajstić information content (AvgIpc) is 3.19. The number of aryl methyl sites for hydroxylation is 2. The fourth-order valence-electron chi connectivity index (χ4n) is 3.30. The maximum Gasteiger partial charge on any atom is 0.227 e. The van der Waals surface area contributed by atoms with Gasteiger partial charge in [0.25, 0.3) is 0 Å². The fourth-order valence-corrected chi connectivity index (χ4v) is 3.30. The van der Waals surface area contributed by atoms with Crippen molar-refractivity contribution in [2.24, 2.45) is 7.05 Å². The second-order valence-corrected chi connectivity index (χ2v) is 6.06. The van der Waals surface area contributed by atoms with Crippen LogP contribution in [0.15, 0.2) is 18.5 Å². The van der Waals surface area contributed by atoms with Crippen molar-refractivity contribution in [3.8, 4) is 0 Å². The normalized spacial score (nSPS) is 18.1. The molecule has 3 heterocycles. The molecule has 1 unspecified atom stereocenters. The smallest absolute Gasteiger partial charge is 0.227 e. The molecule has 0 aromatic carbocycles. The van der Waals surface area contributed by atoms with Gasteiger partial charge < -0.3 is 4.90 Å². The van der Waals surface area contributed by atoms with Crippen LogP contribution in [0.4, 0.5) is 0 Å². The average molecular weight is 301 g/mol. The van der Waals surface area contributed by atoms with Crippen molar-refractivity contribution >= 4 is 5.91 Å². The van der Waals surface area contributed by atoms with Gasteiger partial charge in [0.1, 0.15) is 0 Å². The van der Waals surface area contributed by atoms with E-state index in [9.17, 15) is 4.79 Å². The second kappa shape index (κ2) is 5.94. The topological polar surface area (TPSA) is 56.0 Å². The van der Waals surface area contributed by atoms with Crippen LogP contribution in [-0.4, -0.2) is 43.0 Å². The first kappa shape index (κ1) is 14.8. The van der Waals surface area contributed by atoms with Crippen LogP contribution in [0.25, 0.3) is 0 Å². The first-order valence-corrected chi connectivity index (χ1v) is 7.82. The van der Waals surface area contributed by atoms with Gasteiger partial charge in [0.15, 0.2) is 0 Å². The maximum atomic E-state index is 12.7. The van der Waals surface area contributed by atoms with Gasteiger partial charge in [-0.1, -0.05) is 0 Å². The maximum absolute atomic E-state index is 12.7. The minimum absolute atomic E-state index is 0.203. The summed E-state index contributed by atoms with van der Waals surface area (Å²) < 4.78 is 3.76. The molecular formula is C16H23N5O. The number of likely N-dealkylation sites (tertiary alicyclic amines) is 1. The highest BCUT2D eigenvalue weighted by Crippen LogP contribution is 2.21. The predicted molar refractivity (Wildman–Crippen MR) is 83.3 cm³/mol. The molecule has 1 amide bonds. The van der Waals surface area contributed by atoms with Crippen LogP contribution in [0, 0.1) is 13.8 Å². The number of amides is 1. The minimum atomic E-state index is 0.203. The summed E-state index contributed by atoms with van der Waals surface area (Å²) >= 11 is 0. The van der Waals surface area contributed by atoms with Crippen molar-refractivity contribution in [1.82, 2.24) is 24.5 Å². The van der Waals surface area contributed by atoms with E-state index in [1.165, 1.54) is 0 Å². The third kappa shape index (κ3) is 2.77. The van der Waals surface area contributed by atoms with E-state index in [4.69, 9.17) is 0 Å².